The quantitative estimate of drug-likeness (QED) is 0.388. The largest absolute Gasteiger partial charge is 0.511 e. The number of hydrogen-bond acceptors (Lipinski definition) is 5. The Balaban J connectivity index is 2.31. The molecule has 1 aromatic carbocycles. The van der Waals surface area contributed by atoms with Crippen LogP contribution < -0.4 is 0 Å². The van der Waals surface area contributed by atoms with Gasteiger partial charge in [-0.1, -0.05) is 24.3 Å². The molecule has 5 nitrogen and oxygen atoms in total. The Morgan fingerprint density at radius 2 is 1.70 bits per heavy atom. The van der Waals surface area contributed by atoms with Crippen LogP contribution in [0.2, 0.25) is 0 Å². The fraction of sp³-hybridized carbons (Fsp3) is 0.333. The first-order valence-corrected chi connectivity index (χ1v) is 6.23. The van der Waals surface area contributed by atoms with Crippen molar-refractivity contribution in [2.24, 2.45) is 0 Å². The summed E-state index contributed by atoms with van der Waals surface area (Å²) in [5.74, 6) is -3.37. The fourth-order valence-corrected chi connectivity index (χ4v) is 1.97. The minimum absolute atomic E-state index is 0.0760. The van der Waals surface area contributed by atoms with Crippen molar-refractivity contribution in [3.05, 3.63) is 46.7 Å². The second kappa shape index (κ2) is 5.00. The number of benzene rings is 1. The molecule has 106 valence electrons. The molecular formula is C15H16O5. The van der Waals surface area contributed by atoms with E-state index in [-0.39, 0.29) is 12.2 Å². The van der Waals surface area contributed by atoms with Gasteiger partial charge >= 0.3 is 11.9 Å². The van der Waals surface area contributed by atoms with Crippen molar-refractivity contribution in [3.63, 3.8) is 0 Å². The average molecular weight is 276 g/mol. The summed E-state index contributed by atoms with van der Waals surface area (Å²) in [6, 6.07) is 7.39. The van der Waals surface area contributed by atoms with E-state index in [4.69, 9.17) is 9.47 Å². The number of aryl methyl sites for hydroxylation is 1. The van der Waals surface area contributed by atoms with E-state index in [1.807, 2.05) is 31.2 Å². The lowest BCUT2D eigenvalue weighted by Gasteiger charge is -2.30. The summed E-state index contributed by atoms with van der Waals surface area (Å²) in [5, 5.41) is 10.0. The van der Waals surface area contributed by atoms with E-state index in [2.05, 4.69) is 0 Å². The van der Waals surface area contributed by atoms with Gasteiger partial charge in [-0.3, -0.25) is 0 Å². The van der Waals surface area contributed by atoms with E-state index >= 15 is 0 Å². The molecule has 1 heterocycles. The molecule has 0 amide bonds. The minimum atomic E-state index is -1.30. The molecule has 2 rings (SSSR count). The summed E-state index contributed by atoms with van der Waals surface area (Å²) in [6.45, 7) is 4.80. The first-order chi connectivity index (χ1) is 9.30. The maximum Gasteiger partial charge on any atom is 0.352 e. The highest BCUT2D eigenvalue weighted by molar-refractivity contribution is 6.15. The highest BCUT2D eigenvalue weighted by atomic mass is 16.7. The van der Waals surface area contributed by atoms with Crippen LogP contribution in [0.4, 0.5) is 0 Å². The predicted octanol–water partition coefficient (Wildman–Crippen LogP) is 2.19. The van der Waals surface area contributed by atoms with Crippen molar-refractivity contribution in [3.8, 4) is 0 Å². The number of carbonyl (C=O) groups excluding carboxylic acids is 2. The molecule has 0 aliphatic carbocycles. The number of cyclic esters (lactones) is 2. The van der Waals surface area contributed by atoms with Gasteiger partial charge < -0.3 is 14.6 Å². The molecule has 0 saturated carbocycles. The van der Waals surface area contributed by atoms with Crippen molar-refractivity contribution in [2.45, 2.75) is 33.0 Å². The number of rotatable bonds is 2. The molecule has 1 N–H and O–H groups in total. The van der Waals surface area contributed by atoms with Gasteiger partial charge in [0.05, 0.1) is 0 Å². The first-order valence-electron chi connectivity index (χ1n) is 6.23. The van der Waals surface area contributed by atoms with E-state index in [1.54, 1.807) is 0 Å². The van der Waals surface area contributed by atoms with Crippen LogP contribution in [0.3, 0.4) is 0 Å². The van der Waals surface area contributed by atoms with Gasteiger partial charge in [0.15, 0.2) is 5.57 Å². The molecule has 1 saturated heterocycles. The second-order valence-electron chi connectivity index (χ2n) is 5.10. The van der Waals surface area contributed by atoms with E-state index in [9.17, 15) is 14.7 Å². The topological polar surface area (TPSA) is 72.8 Å². The normalized spacial score (nSPS) is 17.4. The molecule has 0 spiro atoms. The van der Waals surface area contributed by atoms with Gasteiger partial charge in [0.2, 0.25) is 0 Å². The van der Waals surface area contributed by atoms with Crippen LogP contribution >= 0.6 is 0 Å². The minimum Gasteiger partial charge on any atom is -0.511 e. The van der Waals surface area contributed by atoms with Crippen molar-refractivity contribution in [1.82, 2.24) is 0 Å². The van der Waals surface area contributed by atoms with Crippen LogP contribution in [0.5, 0.6) is 0 Å². The molecule has 1 aromatic rings. The van der Waals surface area contributed by atoms with Gasteiger partial charge in [0.1, 0.15) is 5.76 Å². The summed E-state index contributed by atoms with van der Waals surface area (Å²) < 4.78 is 9.89. The van der Waals surface area contributed by atoms with Gasteiger partial charge in [-0.15, -0.1) is 0 Å². The van der Waals surface area contributed by atoms with E-state index in [0.29, 0.717) is 0 Å². The fourth-order valence-electron chi connectivity index (χ4n) is 1.97. The second-order valence-corrected chi connectivity index (χ2v) is 5.10. The Morgan fingerprint density at radius 3 is 2.25 bits per heavy atom. The highest BCUT2D eigenvalue weighted by Crippen LogP contribution is 2.25. The van der Waals surface area contributed by atoms with Crippen molar-refractivity contribution < 1.29 is 24.2 Å². The molecule has 1 aliphatic heterocycles. The third kappa shape index (κ3) is 2.82. The lowest BCUT2D eigenvalue weighted by Crippen LogP contribution is -2.42. The molecule has 1 aliphatic rings. The number of ether oxygens (including phenoxy) is 2. The van der Waals surface area contributed by atoms with Crippen LogP contribution in [0.1, 0.15) is 25.0 Å². The average Bonchev–Trinajstić information content (AvgIpc) is 2.29. The molecule has 0 atom stereocenters. The number of carbonyl (C=O) groups is 2. The smallest absolute Gasteiger partial charge is 0.352 e. The summed E-state index contributed by atoms with van der Waals surface area (Å²) in [6.07, 6.45) is 0.0760. The Hall–Kier alpha value is -2.30. The Bertz CT molecular complexity index is 576. The Morgan fingerprint density at radius 1 is 1.15 bits per heavy atom. The maximum absolute atomic E-state index is 11.8. The molecule has 0 unspecified atom stereocenters. The maximum atomic E-state index is 11.8. The number of aliphatic hydroxyl groups excluding tert-OH is 1. The van der Waals surface area contributed by atoms with Gasteiger partial charge in [0, 0.05) is 20.3 Å². The number of aliphatic hydroxyl groups is 1. The van der Waals surface area contributed by atoms with Crippen molar-refractivity contribution in [1.29, 1.82) is 0 Å². The lowest BCUT2D eigenvalue weighted by molar-refractivity contribution is -0.222. The SMILES string of the molecule is Cc1ccccc1CC(O)=C1C(=O)OC(C)(C)OC1=O. The van der Waals surface area contributed by atoms with Crippen molar-refractivity contribution >= 4 is 11.9 Å². The molecule has 0 aromatic heterocycles. The van der Waals surface area contributed by atoms with Crippen LogP contribution in [0.25, 0.3) is 0 Å². The Labute approximate surface area is 116 Å². The summed E-state index contributed by atoms with van der Waals surface area (Å²) in [5.41, 5.74) is 1.34. The predicted molar refractivity (Wildman–Crippen MR) is 70.8 cm³/mol. The molecular weight excluding hydrogens is 260 g/mol. The van der Waals surface area contributed by atoms with Crippen LogP contribution in [-0.2, 0) is 25.5 Å². The number of allylic oxidation sites excluding steroid dienone is 1. The zero-order chi connectivity index (χ0) is 14.9. The molecule has 20 heavy (non-hydrogen) atoms. The number of esters is 2. The van der Waals surface area contributed by atoms with Crippen LogP contribution in [0.15, 0.2) is 35.6 Å². The molecule has 0 bridgehead atoms. The standard InChI is InChI=1S/C15H16O5/c1-9-6-4-5-7-10(9)8-11(16)12-13(17)19-15(2,3)20-14(12)18/h4-7,16H,8H2,1-3H3. The first kappa shape index (κ1) is 14.1. The lowest BCUT2D eigenvalue weighted by atomic mass is 10.0. The monoisotopic (exact) mass is 276 g/mol. The van der Waals surface area contributed by atoms with Crippen LogP contribution in [-0.4, -0.2) is 22.8 Å². The van der Waals surface area contributed by atoms with E-state index in [0.717, 1.165) is 11.1 Å². The highest BCUT2D eigenvalue weighted by Gasteiger charge is 2.41. The molecule has 1 fully saturated rings. The van der Waals surface area contributed by atoms with E-state index < -0.39 is 23.3 Å². The van der Waals surface area contributed by atoms with Gasteiger partial charge in [-0.2, -0.15) is 0 Å². The Kier molecular flexibility index (Phi) is 3.53. The van der Waals surface area contributed by atoms with Crippen LogP contribution in [0, 0.1) is 6.92 Å². The number of hydrogen-bond donors (Lipinski definition) is 1. The summed E-state index contributed by atoms with van der Waals surface area (Å²) >= 11 is 0. The molecule has 5 heteroatoms. The molecule has 0 radical (unpaired) electrons. The third-order valence-corrected chi connectivity index (χ3v) is 2.99. The van der Waals surface area contributed by atoms with Gasteiger partial charge in [-0.05, 0) is 18.1 Å². The third-order valence-electron chi connectivity index (χ3n) is 2.99. The summed E-state index contributed by atoms with van der Waals surface area (Å²) in [4.78, 5) is 23.6. The van der Waals surface area contributed by atoms with Crippen molar-refractivity contribution in [2.75, 3.05) is 0 Å². The summed E-state index contributed by atoms with van der Waals surface area (Å²) in [7, 11) is 0. The zero-order valence-electron chi connectivity index (χ0n) is 11.6. The van der Waals surface area contributed by atoms with Gasteiger partial charge in [-0.25, -0.2) is 9.59 Å². The zero-order valence-corrected chi connectivity index (χ0v) is 11.6. The van der Waals surface area contributed by atoms with Gasteiger partial charge in [0.25, 0.3) is 5.79 Å². The van der Waals surface area contributed by atoms with E-state index in [1.165, 1.54) is 13.8 Å².